The van der Waals surface area contributed by atoms with Crippen LogP contribution in [-0.4, -0.2) is 49.0 Å². The minimum Gasteiger partial charge on any atom is -0.370 e. The number of rotatable bonds is 8. The Bertz CT molecular complexity index is 1150. The van der Waals surface area contributed by atoms with E-state index in [9.17, 15) is 22.8 Å². The molecule has 3 amide bonds. The topological polar surface area (TPSA) is 86.4 Å². The molecule has 1 heterocycles. The van der Waals surface area contributed by atoms with Crippen molar-refractivity contribution < 1.29 is 22.8 Å². The molecule has 184 valence electrons. The molecule has 3 aromatic rings. The minimum absolute atomic E-state index is 0.150. The number of pyridine rings is 1. The third kappa shape index (κ3) is 7.20. The smallest absolute Gasteiger partial charge is 0.370 e. The van der Waals surface area contributed by atoms with Gasteiger partial charge in [0.25, 0.3) is 5.91 Å². The zero-order valence-electron chi connectivity index (χ0n) is 19.3. The van der Waals surface area contributed by atoms with E-state index in [1.165, 1.54) is 23.2 Å². The summed E-state index contributed by atoms with van der Waals surface area (Å²) in [5, 5.41) is 8.68. The maximum atomic E-state index is 12.9. The first kappa shape index (κ1) is 25.5. The quantitative estimate of drug-likeness (QED) is 0.388. The normalized spacial score (nSPS) is 11.0. The van der Waals surface area contributed by atoms with Crippen molar-refractivity contribution in [3.8, 4) is 11.1 Å². The molecule has 0 saturated heterocycles. The standard InChI is InChI=1S/C25H26F3N5O2/c1-33(2)24(35)30-15-5-14-29-22-13-12-19(16-31-22)32-23(34)21-7-4-3-6-20(21)17-8-10-18(11-9-17)25(26,27)28/h3-4,6-13,16H,5,14-15H2,1-2H3,(H,29,31)(H,30,35)(H,32,34). The molecule has 1 aromatic heterocycles. The summed E-state index contributed by atoms with van der Waals surface area (Å²) in [5.74, 6) is 0.215. The Morgan fingerprint density at radius 2 is 1.66 bits per heavy atom. The highest BCUT2D eigenvalue weighted by Crippen LogP contribution is 2.32. The molecule has 10 heteroatoms. The van der Waals surface area contributed by atoms with E-state index in [2.05, 4.69) is 20.9 Å². The van der Waals surface area contributed by atoms with Crippen LogP contribution < -0.4 is 16.0 Å². The van der Waals surface area contributed by atoms with Gasteiger partial charge in [0, 0.05) is 32.7 Å². The van der Waals surface area contributed by atoms with Crippen molar-refractivity contribution in [2.24, 2.45) is 0 Å². The number of hydrogen-bond donors (Lipinski definition) is 3. The first-order chi connectivity index (χ1) is 16.6. The summed E-state index contributed by atoms with van der Waals surface area (Å²) in [6.45, 7) is 1.13. The van der Waals surface area contributed by atoms with E-state index >= 15 is 0 Å². The Hall–Kier alpha value is -4.08. The van der Waals surface area contributed by atoms with Crippen LogP contribution in [0.1, 0.15) is 22.3 Å². The van der Waals surface area contributed by atoms with Crippen molar-refractivity contribution in [3.05, 3.63) is 78.0 Å². The second-order valence-corrected chi connectivity index (χ2v) is 7.91. The highest BCUT2D eigenvalue weighted by molar-refractivity contribution is 6.08. The van der Waals surface area contributed by atoms with Crippen LogP contribution in [0.15, 0.2) is 66.9 Å². The van der Waals surface area contributed by atoms with Gasteiger partial charge in [-0.2, -0.15) is 13.2 Å². The van der Waals surface area contributed by atoms with Gasteiger partial charge >= 0.3 is 12.2 Å². The number of aromatic nitrogens is 1. The molecule has 2 aromatic carbocycles. The molecule has 0 aliphatic rings. The Labute approximate surface area is 201 Å². The van der Waals surface area contributed by atoms with Crippen molar-refractivity contribution in [1.29, 1.82) is 0 Å². The summed E-state index contributed by atoms with van der Waals surface area (Å²) >= 11 is 0. The first-order valence-corrected chi connectivity index (χ1v) is 10.9. The van der Waals surface area contributed by atoms with Crippen molar-refractivity contribution in [1.82, 2.24) is 15.2 Å². The number of carbonyl (C=O) groups is 2. The molecule has 0 bridgehead atoms. The lowest BCUT2D eigenvalue weighted by molar-refractivity contribution is -0.137. The molecule has 3 N–H and O–H groups in total. The van der Waals surface area contributed by atoms with Crippen molar-refractivity contribution in [3.63, 3.8) is 0 Å². The summed E-state index contributed by atoms with van der Waals surface area (Å²) in [4.78, 5) is 30.1. The van der Waals surface area contributed by atoms with E-state index in [0.29, 0.717) is 47.7 Å². The summed E-state index contributed by atoms with van der Waals surface area (Å²) in [6.07, 6.45) is -2.21. The Morgan fingerprint density at radius 3 is 2.29 bits per heavy atom. The van der Waals surface area contributed by atoms with Crippen molar-refractivity contribution >= 4 is 23.4 Å². The van der Waals surface area contributed by atoms with Crippen molar-refractivity contribution in [2.45, 2.75) is 12.6 Å². The fraction of sp³-hybridized carbons (Fsp3) is 0.240. The van der Waals surface area contributed by atoms with Gasteiger partial charge in [-0.3, -0.25) is 4.79 Å². The van der Waals surface area contributed by atoms with Gasteiger partial charge in [0.05, 0.1) is 17.4 Å². The van der Waals surface area contributed by atoms with Gasteiger partial charge in [0.2, 0.25) is 0 Å². The third-order valence-corrected chi connectivity index (χ3v) is 5.06. The van der Waals surface area contributed by atoms with Gasteiger partial charge in [0.1, 0.15) is 5.82 Å². The van der Waals surface area contributed by atoms with Gasteiger partial charge in [-0.25, -0.2) is 9.78 Å². The molecule has 0 aliphatic carbocycles. The van der Waals surface area contributed by atoms with Gasteiger partial charge in [-0.1, -0.05) is 30.3 Å². The van der Waals surface area contributed by atoms with Crippen LogP contribution in [0.5, 0.6) is 0 Å². The third-order valence-electron chi connectivity index (χ3n) is 5.06. The molecule has 0 saturated carbocycles. The second-order valence-electron chi connectivity index (χ2n) is 7.91. The number of hydrogen-bond acceptors (Lipinski definition) is 4. The molecule has 3 rings (SSSR count). The molecular formula is C25H26F3N5O2. The van der Waals surface area contributed by atoms with Crippen LogP contribution in [0.3, 0.4) is 0 Å². The van der Waals surface area contributed by atoms with E-state index in [1.54, 1.807) is 50.5 Å². The number of alkyl halides is 3. The van der Waals surface area contributed by atoms with Gasteiger partial charge in [-0.05, 0) is 47.9 Å². The lowest BCUT2D eigenvalue weighted by atomic mass is 9.98. The maximum Gasteiger partial charge on any atom is 0.416 e. The fourth-order valence-corrected chi connectivity index (χ4v) is 3.20. The molecule has 0 unspecified atom stereocenters. The summed E-state index contributed by atoms with van der Waals surface area (Å²) in [5.41, 5.74) is 1.08. The summed E-state index contributed by atoms with van der Waals surface area (Å²) in [6, 6.07) is 14.7. The number of nitrogens with zero attached hydrogens (tertiary/aromatic N) is 2. The Kier molecular flexibility index (Phi) is 8.30. The number of carbonyl (C=O) groups excluding carboxylic acids is 2. The molecule has 0 spiro atoms. The average molecular weight is 486 g/mol. The van der Waals surface area contributed by atoms with Gasteiger partial charge < -0.3 is 20.9 Å². The van der Waals surface area contributed by atoms with Gasteiger partial charge in [0.15, 0.2) is 0 Å². The van der Waals surface area contributed by atoms with E-state index in [4.69, 9.17) is 0 Å². The lowest BCUT2D eigenvalue weighted by Crippen LogP contribution is -2.35. The molecule has 0 fully saturated rings. The fourth-order valence-electron chi connectivity index (χ4n) is 3.20. The number of anilines is 2. The van der Waals surface area contributed by atoms with Crippen LogP contribution in [0.4, 0.5) is 29.5 Å². The molecule has 35 heavy (non-hydrogen) atoms. The maximum absolute atomic E-state index is 12.9. The predicted molar refractivity (Wildman–Crippen MR) is 129 cm³/mol. The molecule has 0 aliphatic heterocycles. The van der Waals surface area contributed by atoms with Crippen LogP contribution in [-0.2, 0) is 6.18 Å². The second kappa shape index (κ2) is 11.4. The molecule has 7 nitrogen and oxygen atoms in total. The Morgan fingerprint density at radius 1 is 0.943 bits per heavy atom. The van der Waals surface area contributed by atoms with Crippen LogP contribution in [0.25, 0.3) is 11.1 Å². The molecular weight excluding hydrogens is 459 g/mol. The van der Waals surface area contributed by atoms with Crippen LogP contribution in [0.2, 0.25) is 0 Å². The molecule has 0 atom stereocenters. The SMILES string of the molecule is CN(C)C(=O)NCCCNc1ccc(NC(=O)c2ccccc2-c2ccc(C(F)(F)F)cc2)cn1. The zero-order chi connectivity index (χ0) is 25.4. The van der Waals surface area contributed by atoms with Crippen molar-refractivity contribution in [2.75, 3.05) is 37.8 Å². The van der Waals surface area contributed by atoms with Crippen LogP contribution >= 0.6 is 0 Å². The number of halogens is 3. The zero-order valence-corrected chi connectivity index (χ0v) is 19.3. The monoisotopic (exact) mass is 485 g/mol. The molecule has 0 radical (unpaired) electrons. The number of benzene rings is 2. The average Bonchev–Trinajstić information content (AvgIpc) is 2.84. The number of amides is 3. The van der Waals surface area contributed by atoms with E-state index < -0.39 is 17.6 Å². The predicted octanol–water partition coefficient (Wildman–Crippen LogP) is 5.09. The Balaban J connectivity index is 1.59. The lowest BCUT2D eigenvalue weighted by Gasteiger charge is -2.13. The highest BCUT2D eigenvalue weighted by atomic mass is 19.4. The van der Waals surface area contributed by atoms with E-state index in [-0.39, 0.29) is 6.03 Å². The van der Waals surface area contributed by atoms with E-state index in [1.807, 2.05) is 0 Å². The van der Waals surface area contributed by atoms with Gasteiger partial charge in [-0.15, -0.1) is 0 Å². The summed E-state index contributed by atoms with van der Waals surface area (Å²) in [7, 11) is 3.34. The highest BCUT2D eigenvalue weighted by Gasteiger charge is 2.30. The first-order valence-electron chi connectivity index (χ1n) is 10.9. The largest absolute Gasteiger partial charge is 0.416 e. The van der Waals surface area contributed by atoms with E-state index in [0.717, 1.165) is 12.1 Å². The summed E-state index contributed by atoms with van der Waals surface area (Å²) < 4.78 is 38.6. The van der Waals surface area contributed by atoms with Crippen LogP contribution in [0, 0.1) is 0 Å². The minimum atomic E-state index is -4.43. The number of urea groups is 1. The number of nitrogens with one attached hydrogen (secondary N) is 3.